The van der Waals surface area contributed by atoms with Crippen LogP contribution in [0.4, 0.5) is 0 Å². The second-order valence-corrected chi connectivity index (χ2v) is 6.24. The highest BCUT2D eigenvalue weighted by atomic mass is 16.5. The van der Waals surface area contributed by atoms with Crippen LogP contribution in [0.15, 0.2) is 18.2 Å². The van der Waals surface area contributed by atoms with Gasteiger partial charge in [-0.15, -0.1) is 0 Å². The van der Waals surface area contributed by atoms with E-state index in [2.05, 4.69) is 12.2 Å². The molecule has 0 bridgehead atoms. The molecule has 0 saturated carbocycles. The highest BCUT2D eigenvalue weighted by Gasteiger charge is 2.14. The molecule has 4 heteroatoms. The van der Waals surface area contributed by atoms with E-state index in [0.717, 1.165) is 18.4 Å². The Balaban J connectivity index is 2.27. The van der Waals surface area contributed by atoms with Crippen LogP contribution in [-0.2, 0) is 4.79 Å². The molecule has 0 radical (unpaired) electrons. The number of hydrogen-bond donors (Lipinski definition) is 1. The maximum atomic E-state index is 12.3. The number of Topliss-reactive ketones (excluding diaryl/α,β-unsaturated/α-hetero) is 1. The first-order valence-corrected chi connectivity index (χ1v) is 9.03. The number of unbranched alkanes of at least 4 members (excludes halogenated alkanes) is 5. The Morgan fingerprint density at radius 1 is 1.04 bits per heavy atom. The summed E-state index contributed by atoms with van der Waals surface area (Å²) in [7, 11) is 1.55. The van der Waals surface area contributed by atoms with Gasteiger partial charge >= 0.3 is 0 Å². The van der Waals surface area contributed by atoms with Crippen molar-refractivity contribution in [1.82, 2.24) is 5.32 Å². The number of ether oxygens (including phenoxy) is 1. The lowest BCUT2D eigenvalue weighted by Crippen LogP contribution is -2.24. The summed E-state index contributed by atoms with van der Waals surface area (Å²) in [6.45, 7) is 4.84. The summed E-state index contributed by atoms with van der Waals surface area (Å²) in [5, 5.41) is 2.90. The molecule has 1 aromatic carbocycles. The molecule has 0 atom stereocenters. The Morgan fingerprint density at radius 3 is 2.46 bits per heavy atom. The van der Waals surface area contributed by atoms with E-state index in [1.165, 1.54) is 25.7 Å². The van der Waals surface area contributed by atoms with Crippen molar-refractivity contribution in [2.24, 2.45) is 0 Å². The van der Waals surface area contributed by atoms with Crippen LogP contribution in [0.3, 0.4) is 0 Å². The van der Waals surface area contributed by atoms with Crippen molar-refractivity contribution in [1.29, 1.82) is 0 Å². The van der Waals surface area contributed by atoms with Gasteiger partial charge in [0.25, 0.3) is 0 Å². The molecule has 0 saturated heterocycles. The summed E-state index contributed by atoms with van der Waals surface area (Å²) in [5.41, 5.74) is 1.56. The smallest absolute Gasteiger partial charge is 0.220 e. The van der Waals surface area contributed by atoms with Gasteiger partial charge in [0.1, 0.15) is 5.75 Å². The van der Waals surface area contributed by atoms with Crippen LogP contribution in [-0.4, -0.2) is 25.3 Å². The molecule has 0 fully saturated rings. The fourth-order valence-corrected chi connectivity index (χ4v) is 2.62. The summed E-state index contributed by atoms with van der Waals surface area (Å²) in [6, 6.07) is 5.51. The van der Waals surface area contributed by atoms with Gasteiger partial charge in [-0.3, -0.25) is 9.59 Å². The fraction of sp³-hybridized carbons (Fsp3) is 0.600. The van der Waals surface area contributed by atoms with E-state index in [-0.39, 0.29) is 24.5 Å². The Labute approximate surface area is 146 Å². The molecule has 1 amide bonds. The maximum absolute atomic E-state index is 12.3. The molecule has 1 aromatic rings. The standard InChI is InChI=1S/C20H31NO3/c1-4-5-6-7-8-9-14-21-20(23)13-11-18(22)17-15-16(2)10-12-19(17)24-3/h10,12,15H,4-9,11,13-14H2,1-3H3,(H,21,23). The number of amides is 1. The zero-order valence-electron chi connectivity index (χ0n) is 15.3. The minimum atomic E-state index is -0.0523. The quantitative estimate of drug-likeness (QED) is 0.454. The van der Waals surface area contributed by atoms with Crippen LogP contribution < -0.4 is 10.1 Å². The van der Waals surface area contributed by atoms with Crippen molar-refractivity contribution < 1.29 is 14.3 Å². The average molecular weight is 333 g/mol. The lowest BCUT2D eigenvalue weighted by atomic mass is 10.0. The van der Waals surface area contributed by atoms with Gasteiger partial charge in [0, 0.05) is 19.4 Å². The number of benzene rings is 1. The van der Waals surface area contributed by atoms with Crippen LogP contribution >= 0.6 is 0 Å². The van der Waals surface area contributed by atoms with Crippen molar-refractivity contribution in [3.63, 3.8) is 0 Å². The van der Waals surface area contributed by atoms with Crippen molar-refractivity contribution in [3.8, 4) is 5.75 Å². The minimum Gasteiger partial charge on any atom is -0.496 e. The summed E-state index contributed by atoms with van der Waals surface area (Å²) in [4.78, 5) is 24.1. The zero-order chi connectivity index (χ0) is 17.8. The lowest BCUT2D eigenvalue weighted by Gasteiger charge is -2.09. The summed E-state index contributed by atoms with van der Waals surface area (Å²) < 4.78 is 5.23. The highest BCUT2D eigenvalue weighted by Crippen LogP contribution is 2.21. The molecule has 0 aliphatic heterocycles. The fourth-order valence-electron chi connectivity index (χ4n) is 2.62. The molecule has 1 rings (SSSR count). The number of carbonyl (C=O) groups is 2. The van der Waals surface area contributed by atoms with Gasteiger partial charge in [0.2, 0.25) is 5.91 Å². The van der Waals surface area contributed by atoms with Crippen LogP contribution in [0.1, 0.15) is 74.2 Å². The lowest BCUT2D eigenvalue weighted by molar-refractivity contribution is -0.121. The Bertz CT molecular complexity index is 526. The normalized spacial score (nSPS) is 10.5. The van der Waals surface area contributed by atoms with E-state index < -0.39 is 0 Å². The molecule has 0 aliphatic rings. The number of ketones is 1. The van der Waals surface area contributed by atoms with E-state index in [4.69, 9.17) is 4.74 Å². The topological polar surface area (TPSA) is 55.4 Å². The molecule has 0 heterocycles. The molecule has 4 nitrogen and oxygen atoms in total. The Morgan fingerprint density at radius 2 is 1.75 bits per heavy atom. The van der Waals surface area contributed by atoms with Crippen molar-refractivity contribution in [2.75, 3.05) is 13.7 Å². The molecule has 1 N–H and O–H groups in total. The minimum absolute atomic E-state index is 0.0507. The van der Waals surface area contributed by atoms with Crippen LogP contribution in [0.25, 0.3) is 0 Å². The first kappa shape index (κ1) is 20.2. The molecule has 0 aromatic heterocycles. The number of hydrogen-bond acceptors (Lipinski definition) is 3. The van der Waals surface area contributed by atoms with Gasteiger partial charge < -0.3 is 10.1 Å². The molecule has 0 aliphatic carbocycles. The van der Waals surface area contributed by atoms with Crippen molar-refractivity contribution >= 4 is 11.7 Å². The van der Waals surface area contributed by atoms with E-state index in [0.29, 0.717) is 17.9 Å². The van der Waals surface area contributed by atoms with E-state index >= 15 is 0 Å². The second kappa shape index (κ2) is 11.7. The van der Waals surface area contributed by atoms with Crippen molar-refractivity contribution in [3.05, 3.63) is 29.3 Å². The zero-order valence-corrected chi connectivity index (χ0v) is 15.3. The van der Waals surface area contributed by atoms with Crippen molar-refractivity contribution in [2.45, 2.75) is 65.2 Å². The molecule has 0 unspecified atom stereocenters. The SMILES string of the molecule is CCCCCCCCNC(=O)CCC(=O)c1cc(C)ccc1OC. The second-order valence-electron chi connectivity index (χ2n) is 6.24. The number of carbonyl (C=O) groups excluding carboxylic acids is 2. The molecule has 0 spiro atoms. The molecule has 134 valence electrons. The maximum Gasteiger partial charge on any atom is 0.220 e. The van der Waals surface area contributed by atoms with E-state index in [1.807, 2.05) is 19.1 Å². The monoisotopic (exact) mass is 333 g/mol. The van der Waals surface area contributed by atoms with Gasteiger partial charge in [0.05, 0.1) is 12.7 Å². The highest BCUT2D eigenvalue weighted by molar-refractivity contribution is 6.00. The van der Waals surface area contributed by atoms with Gasteiger partial charge in [-0.25, -0.2) is 0 Å². The number of rotatable bonds is 12. The summed E-state index contributed by atoms with van der Waals surface area (Å²) >= 11 is 0. The predicted octanol–water partition coefficient (Wildman–Crippen LogP) is 4.44. The molecular formula is C20H31NO3. The number of nitrogens with one attached hydrogen (secondary N) is 1. The third-order valence-electron chi connectivity index (χ3n) is 4.09. The van der Waals surface area contributed by atoms with Gasteiger partial charge in [0.15, 0.2) is 5.78 Å². The molecular weight excluding hydrogens is 302 g/mol. The summed E-state index contributed by atoms with van der Waals surface area (Å²) in [5.74, 6) is 0.465. The molecule has 24 heavy (non-hydrogen) atoms. The van der Waals surface area contributed by atoms with Gasteiger partial charge in [-0.2, -0.15) is 0 Å². The first-order valence-electron chi connectivity index (χ1n) is 9.03. The van der Waals surface area contributed by atoms with Gasteiger partial charge in [-0.1, -0.05) is 50.7 Å². The van der Waals surface area contributed by atoms with Crippen LogP contribution in [0.2, 0.25) is 0 Å². The van der Waals surface area contributed by atoms with Crippen LogP contribution in [0.5, 0.6) is 5.75 Å². The predicted molar refractivity (Wildman–Crippen MR) is 97.7 cm³/mol. The average Bonchev–Trinajstić information content (AvgIpc) is 2.58. The number of methoxy groups -OCH3 is 1. The van der Waals surface area contributed by atoms with E-state index in [1.54, 1.807) is 13.2 Å². The third kappa shape index (κ3) is 7.62. The number of aryl methyl sites for hydroxylation is 1. The Hall–Kier alpha value is -1.84. The van der Waals surface area contributed by atoms with Crippen LogP contribution in [0, 0.1) is 6.92 Å². The largest absolute Gasteiger partial charge is 0.496 e. The van der Waals surface area contributed by atoms with E-state index in [9.17, 15) is 9.59 Å². The summed E-state index contributed by atoms with van der Waals surface area (Å²) in [6.07, 6.45) is 7.64. The Kier molecular flexibility index (Phi) is 9.81. The van der Waals surface area contributed by atoms with Gasteiger partial charge in [-0.05, 0) is 25.5 Å². The first-order chi connectivity index (χ1) is 11.6. The third-order valence-corrected chi connectivity index (χ3v) is 4.09.